The summed E-state index contributed by atoms with van der Waals surface area (Å²) in [6.07, 6.45) is 0. The van der Waals surface area contributed by atoms with Crippen LogP contribution < -0.4 is 10.5 Å². The predicted octanol–water partition coefficient (Wildman–Crippen LogP) is -0.837. The molecule has 1 heterocycles. The van der Waals surface area contributed by atoms with Crippen LogP contribution >= 0.6 is 0 Å². The number of benzene rings is 1. The second kappa shape index (κ2) is 5.80. The minimum atomic E-state index is -3.90. The van der Waals surface area contributed by atoms with Crippen LogP contribution in [0.5, 0.6) is 0 Å². The van der Waals surface area contributed by atoms with Gasteiger partial charge in [0, 0.05) is 5.56 Å². The first-order valence-corrected chi connectivity index (χ1v) is 7.52. The summed E-state index contributed by atoms with van der Waals surface area (Å²) >= 11 is 0. The zero-order chi connectivity index (χ0) is 15.6. The van der Waals surface area contributed by atoms with Crippen molar-refractivity contribution in [1.82, 2.24) is 4.72 Å². The van der Waals surface area contributed by atoms with Crippen LogP contribution in [-0.2, 0) is 19.6 Å². The standard InChI is InChI=1S/C12H14N2O6S/c13-11(15)7-1-3-8(4-2-7)21(18,19)14-10-6-20-5-9(10)12(16)17/h1-4,9-10,14H,5-6H2,(H2,13,15)(H,16,17). The van der Waals surface area contributed by atoms with Crippen molar-refractivity contribution >= 4 is 21.9 Å². The summed E-state index contributed by atoms with van der Waals surface area (Å²) in [5, 5.41) is 8.98. The number of amides is 1. The van der Waals surface area contributed by atoms with Gasteiger partial charge >= 0.3 is 5.97 Å². The van der Waals surface area contributed by atoms with Crippen molar-refractivity contribution in [2.24, 2.45) is 11.7 Å². The maximum atomic E-state index is 12.2. The number of ether oxygens (including phenoxy) is 1. The Morgan fingerprint density at radius 2 is 1.86 bits per heavy atom. The lowest BCUT2D eigenvalue weighted by Crippen LogP contribution is -2.42. The van der Waals surface area contributed by atoms with Gasteiger partial charge in [0.05, 0.1) is 30.1 Å². The van der Waals surface area contributed by atoms with Crippen LogP contribution in [0.3, 0.4) is 0 Å². The number of hydrogen-bond acceptors (Lipinski definition) is 5. The summed E-state index contributed by atoms with van der Waals surface area (Å²) in [5.74, 6) is -2.71. The molecule has 1 fully saturated rings. The van der Waals surface area contributed by atoms with E-state index in [-0.39, 0.29) is 23.7 Å². The highest BCUT2D eigenvalue weighted by Gasteiger charge is 2.36. The van der Waals surface area contributed by atoms with Gasteiger partial charge in [0.15, 0.2) is 0 Å². The van der Waals surface area contributed by atoms with Crippen LogP contribution in [0.15, 0.2) is 29.2 Å². The van der Waals surface area contributed by atoms with E-state index in [0.717, 1.165) is 0 Å². The second-order valence-corrected chi connectivity index (χ2v) is 6.31. The highest BCUT2D eigenvalue weighted by molar-refractivity contribution is 7.89. The summed E-state index contributed by atoms with van der Waals surface area (Å²) in [6.45, 7) is -0.0430. The zero-order valence-corrected chi connectivity index (χ0v) is 11.7. The van der Waals surface area contributed by atoms with Crippen LogP contribution in [0, 0.1) is 5.92 Å². The van der Waals surface area contributed by atoms with Crippen molar-refractivity contribution in [2.75, 3.05) is 13.2 Å². The second-order valence-electron chi connectivity index (χ2n) is 4.60. The first-order chi connectivity index (χ1) is 9.81. The van der Waals surface area contributed by atoms with E-state index in [2.05, 4.69) is 4.72 Å². The Morgan fingerprint density at radius 1 is 1.24 bits per heavy atom. The third-order valence-corrected chi connectivity index (χ3v) is 4.66. The van der Waals surface area contributed by atoms with Gasteiger partial charge in [-0.1, -0.05) is 0 Å². The third kappa shape index (κ3) is 3.38. The number of nitrogens with two attached hydrogens (primary N) is 1. The van der Waals surface area contributed by atoms with Gasteiger partial charge in [-0.3, -0.25) is 9.59 Å². The van der Waals surface area contributed by atoms with E-state index >= 15 is 0 Å². The molecule has 1 aliphatic rings. The normalized spacial score (nSPS) is 22.1. The molecule has 1 aromatic carbocycles. The maximum Gasteiger partial charge on any atom is 0.310 e. The quantitative estimate of drug-likeness (QED) is 0.648. The van der Waals surface area contributed by atoms with E-state index < -0.39 is 33.9 Å². The summed E-state index contributed by atoms with van der Waals surface area (Å²) in [7, 11) is -3.90. The Hall–Kier alpha value is -1.97. The fourth-order valence-corrected chi connectivity index (χ4v) is 3.24. The van der Waals surface area contributed by atoms with Gasteiger partial charge in [0.2, 0.25) is 15.9 Å². The van der Waals surface area contributed by atoms with Gasteiger partial charge in [0.25, 0.3) is 0 Å². The SMILES string of the molecule is NC(=O)c1ccc(S(=O)(=O)NC2COCC2C(=O)O)cc1. The zero-order valence-electron chi connectivity index (χ0n) is 10.9. The average molecular weight is 314 g/mol. The van der Waals surface area contributed by atoms with Crippen LogP contribution in [0.1, 0.15) is 10.4 Å². The van der Waals surface area contributed by atoms with Crippen molar-refractivity contribution in [3.05, 3.63) is 29.8 Å². The molecule has 0 aromatic heterocycles. The molecule has 0 radical (unpaired) electrons. The van der Waals surface area contributed by atoms with Gasteiger partial charge in [-0.2, -0.15) is 0 Å². The molecule has 1 saturated heterocycles. The minimum Gasteiger partial charge on any atom is -0.481 e. The molecule has 2 atom stereocenters. The number of hydrogen-bond donors (Lipinski definition) is 3. The minimum absolute atomic E-state index is 0.00440. The molecule has 0 aliphatic carbocycles. The number of carboxylic acids is 1. The Labute approximate surface area is 120 Å². The van der Waals surface area contributed by atoms with E-state index in [0.29, 0.717) is 0 Å². The summed E-state index contributed by atoms with van der Waals surface area (Å²) in [5.41, 5.74) is 5.25. The van der Waals surface area contributed by atoms with E-state index in [4.69, 9.17) is 15.6 Å². The molecule has 1 amide bonds. The first kappa shape index (κ1) is 15.4. The molecular weight excluding hydrogens is 300 g/mol. The van der Waals surface area contributed by atoms with Crippen LogP contribution in [-0.4, -0.2) is 44.7 Å². The van der Waals surface area contributed by atoms with Crippen molar-refractivity contribution in [3.8, 4) is 0 Å². The molecule has 8 nitrogen and oxygen atoms in total. The van der Waals surface area contributed by atoms with Gasteiger partial charge in [-0.05, 0) is 24.3 Å². The predicted molar refractivity (Wildman–Crippen MR) is 71.0 cm³/mol. The lowest BCUT2D eigenvalue weighted by atomic mass is 10.1. The number of primary amides is 1. The maximum absolute atomic E-state index is 12.2. The lowest BCUT2D eigenvalue weighted by molar-refractivity contribution is -0.142. The van der Waals surface area contributed by atoms with Crippen molar-refractivity contribution < 1.29 is 27.9 Å². The highest BCUT2D eigenvalue weighted by atomic mass is 32.2. The largest absolute Gasteiger partial charge is 0.481 e. The molecule has 4 N–H and O–H groups in total. The van der Waals surface area contributed by atoms with Gasteiger partial charge in [0.1, 0.15) is 0 Å². The number of carbonyl (C=O) groups excluding carboxylic acids is 1. The number of carbonyl (C=O) groups is 2. The Balaban J connectivity index is 2.18. The van der Waals surface area contributed by atoms with E-state index in [1.165, 1.54) is 24.3 Å². The Kier molecular flexibility index (Phi) is 4.26. The molecule has 1 aliphatic heterocycles. The number of carboxylic acid groups (broad SMARTS) is 1. The molecule has 114 valence electrons. The number of nitrogens with one attached hydrogen (secondary N) is 1. The summed E-state index contributed by atoms with van der Waals surface area (Å²) < 4.78 is 31.6. The van der Waals surface area contributed by atoms with Crippen molar-refractivity contribution in [2.45, 2.75) is 10.9 Å². The number of rotatable bonds is 5. The molecule has 2 unspecified atom stereocenters. The van der Waals surface area contributed by atoms with Gasteiger partial charge in [-0.15, -0.1) is 0 Å². The number of aliphatic carboxylic acids is 1. The molecule has 0 spiro atoms. The molecule has 0 saturated carbocycles. The highest BCUT2D eigenvalue weighted by Crippen LogP contribution is 2.18. The van der Waals surface area contributed by atoms with E-state index in [9.17, 15) is 18.0 Å². The average Bonchev–Trinajstić information content (AvgIpc) is 2.86. The van der Waals surface area contributed by atoms with Crippen LogP contribution in [0.2, 0.25) is 0 Å². The molecule has 9 heteroatoms. The third-order valence-electron chi connectivity index (χ3n) is 3.15. The van der Waals surface area contributed by atoms with Crippen LogP contribution in [0.4, 0.5) is 0 Å². The van der Waals surface area contributed by atoms with Crippen molar-refractivity contribution in [3.63, 3.8) is 0 Å². The monoisotopic (exact) mass is 314 g/mol. The Morgan fingerprint density at radius 3 is 2.38 bits per heavy atom. The summed E-state index contributed by atoms with van der Waals surface area (Å²) in [4.78, 5) is 21.8. The number of sulfonamides is 1. The molecule has 2 rings (SSSR count). The van der Waals surface area contributed by atoms with Crippen LogP contribution in [0.25, 0.3) is 0 Å². The molecule has 1 aromatic rings. The Bertz CT molecular complexity index is 655. The molecule has 21 heavy (non-hydrogen) atoms. The van der Waals surface area contributed by atoms with E-state index in [1.807, 2.05) is 0 Å². The molecular formula is C12H14N2O6S. The van der Waals surface area contributed by atoms with E-state index in [1.54, 1.807) is 0 Å². The van der Waals surface area contributed by atoms with Gasteiger partial charge < -0.3 is 15.6 Å². The topological polar surface area (TPSA) is 136 Å². The lowest BCUT2D eigenvalue weighted by Gasteiger charge is -2.15. The molecule has 0 bridgehead atoms. The fourth-order valence-electron chi connectivity index (χ4n) is 1.98. The van der Waals surface area contributed by atoms with Crippen molar-refractivity contribution in [1.29, 1.82) is 0 Å². The van der Waals surface area contributed by atoms with Gasteiger partial charge in [-0.25, -0.2) is 13.1 Å². The fraction of sp³-hybridized carbons (Fsp3) is 0.333. The smallest absolute Gasteiger partial charge is 0.310 e. The first-order valence-electron chi connectivity index (χ1n) is 6.04. The summed E-state index contributed by atoms with van der Waals surface area (Å²) in [6, 6.07) is 4.21.